The van der Waals surface area contributed by atoms with Crippen LogP contribution in [0, 0.1) is 23.7 Å². The number of anilines is 5. The van der Waals surface area contributed by atoms with Gasteiger partial charge < -0.3 is 30.9 Å². The van der Waals surface area contributed by atoms with E-state index in [1.807, 2.05) is 36.4 Å². The molecule has 3 aromatic rings. The highest BCUT2D eigenvalue weighted by Gasteiger charge is 2.40. The Labute approximate surface area is 306 Å². The molecule has 4 N–H and O–H groups in total. The van der Waals surface area contributed by atoms with E-state index in [0.717, 1.165) is 74.5 Å². The fourth-order valence-corrected chi connectivity index (χ4v) is 8.24. The summed E-state index contributed by atoms with van der Waals surface area (Å²) in [7, 11) is 1.65. The van der Waals surface area contributed by atoms with Crippen LogP contribution in [0.3, 0.4) is 0 Å². The van der Waals surface area contributed by atoms with Crippen LogP contribution in [0.15, 0.2) is 61.3 Å². The third kappa shape index (κ3) is 9.71. The van der Waals surface area contributed by atoms with Crippen molar-refractivity contribution in [3.05, 3.63) is 71.9 Å². The number of fused-ring (bicyclic) bond motifs is 2. The van der Waals surface area contributed by atoms with Crippen molar-refractivity contribution in [1.82, 2.24) is 20.2 Å². The molecule has 2 saturated carbocycles. The lowest BCUT2D eigenvalue weighted by Gasteiger charge is -2.36. The summed E-state index contributed by atoms with van der Waals surface area (Å²) in [6.45, 7) is 11.8. The van der Waals surface area contributed by atoms with Gasteiger partial charge in [0.15, 0.2) is 5.82 Å². The van der Waals surface area contributed by atoms with E-state index in [1.165, 1.54) is 31.8 Å². The molecular formula is C39H51ClN8O3. The second-order valence-electron chi connectivity index (χ2n) is 14.2. The Bertz CT molecular complexity index is 1680. The highest BCUT2D eigenvalue weighted by molar-refractivity contribution is 6.32. The van der Waals surface area contributed by atoms with Gasteiger partial charge in [-0.3, -0.25) is 14.5 Å². The molecule has 272 valence electrons. The Hall–Kier alpha value is -4.35. The SMILES string of the molecule is C=CC(=O)Nc1cccc(CNc2nc(Nc3ccc(N4CCN(CCCNC(=O)CC5[C@@H]6CC[C@@H](C6)C[C@@H]5C)CC4)cc3OC)ncc2Cl)c1. The molecule has 1 aliphatic heterocycles. The van der Waals surface area contributed by atoms with Crippen LogP contribution in [-0.2, 0) is 16.1 Å². The Balaban J connectivity index is 0.950. The smallest absolute Gasteiger partial charge is 0.247 e. The van der Waals surface area contributed by atoms with Crippen molar-refractivity contribution in [2.45, 2.75) is 52.0 Å². The van der Waals surface area contributed by atoms with Crippen molar-refractivity contribution >= 4 is 52.2 Å². The molecule has 1 aromatic heterocycles. The fourth-order valence-electron chi connectivity index (χ4n) is 8.09. The van der Waals surface area contributed by atoms with Gasteiger partial charge in [-0.2, -0.15) is 4.98 Å². The maximum absolute atomic E-state index is 12.7. The summed E-state index contributed by atoms with van der Waals surface area (Å²) in [4.78, 5) is 38.2. The van der Waals surface area contributed by atoms with E-state index >= 15 is 0 Å². The molecule has 2 aromatic carbocycles. The predicted octanol–water partition coefficient (Wildman–Crippen LogP) is 6.71. The number of ether oxygens (including phenoxy) is 1. The number of carbonyl (C=O) groups is 2. The van der Waals surface area contributed by atoms with Gasteiger partial charge in [0.2, 0.25) is 17.8 Å². The van der Waals surface area contributed by atoms with E-state index in [1.54, 1.807) is 13.3 Å². The van der Waals surface area contributed by atoms with Crippen molar-refractivity contribution in [3.8, 4) is 5.75 Å². The summed E-state index contributed by atoms with van der Waals surface area (Å²) in [5.41, 5.74) is 3.45. The van der Waals surface area contributed by atoms with Crippen LogP contribution < -0.4 is 30.9 Å². The van der Waals surface area contributed by atoms with Gasteiger partial charge in [0.1, 0.15) is 10.8 Å². The van der Waals surface area contributed by atoms with Gasteiger partial charge in [0.25, 0.3) is 0 Å². The molecule has 1 saturated heterocycles. The summed E-state index contributed by atoms with van der Waals surface area (Å²) in [5, 5.41) is 12.9. The zero-order valence-electron chi connectivity index (χ0n) is 29.8. The number of piperazine rings is 1. The second kappa shape index (κ2) is 17.2. The lowest BCUT2D eigenvalue weighted by molar-refractivity contribution is -0.123. The van der Waals surface area contributed by atoms with Crippen molar-refractivity contribution in [2.24, 2.45) is 23.7 Å². The first-order chi connectivity index (χ1) is 24.8. The van der Waals surface area contributed by atoms with Gasteiger partial charge in [-0.1, -0.05) is 43.7 Å². The maximum atomic E-state index is 12.7. The van der Waals surface area contributed by atoms with E-state index in [4.69, 9.17) is 16.3 Å². The van der Waals surface area contributed by atoms with E-state index in [0.29, 0.717) is 53.0 Å². The summed E-state index contributed by atoms with van der Waals surface area (Å²) >= 11 is 6.42. The van der Waals surface area contributed by atoms with Gasteiger partial charge in [0.05, 0.1) is 19.0 Å². The molecule has 3 fully saturated rings. The summed E-state index contributed by atoms with van der Waals surface area (Å²) in [6, 6.07) is 13.6. The average molecular weight is 715 g/mol. The molecule has 1 unspecified atom stereocenters. The van der Waals surface area contributed by atoms with Crippen LogP contribution in [0.1, 0.15) is 51.0 Å². The first-order valence-corrected chi connectivity index (χ1v) is 18.6. The molecule has 0 spiro atoms. The number of amides is 2. The minimum absolute atomic E-state index is 0.240. The number of aromatic nitrogens is 2. The number of hydrogen-bond donors (Lipinski definition) is 4. The molecule has 2 aliphatic carbocycles. The van der Waals surface area contributed by atoms with Crippen molar-refractivity contribution in [1.29, 1.82) is 0 Å². The molecule has 0 radical (unpaired) electrons. The number of nitrogens with zero attached hydrogens (tertiary/aromatic N) is 4. The van der Waals surface area contributed by atoms with Gasteiger partial charge in [-0.15, -0.1) is 0 Å². The molecule has 6 rings (SSSR count). The normalized spacial score (nSPS) is 21.5. The third-order valence-corrected chi connectivity index (χ3v) is 11.0. The van der Waals surface area contributed by atoms with Gasteiger partial charge in [-0.25, -0.2) is 4.98 Å². The second-order valence-corrected chi connectivity index (χ2v) is 14.6. The van der Waals surface area contributed by atoms with E-state index in [-0.39, 0.29) is 11.8 Å². The number of halogens is 1. The number of methoxy groups -OCH3 is 1. The third-order valence-electron chi connectivity index (χ3n) is 10.8. The molecule has 51 heavy (non-hydrogen) atoms. The standard InChI is InChI=1S/C39H51ClN8O3/c1-4-36(49)44-30-8-5-7-28(21-30)24-42-38-33(40)25-43-39(46-38)45-34-12-11-31(22-35(34)51-3)48-17-15-47(16-18-48)14-6-13-41-37(50)23-32-26(2)19-27-9-10-29(32)20-27/h4-5,7-8,11-12,21-22,25-27,29,32H,1,6,9-10,13-20,23-24H2,2-3H3,(H,41,50)(H,44,49)(H2,42,43,45,46)/t26-,27+,29+,32?/m0/s1. The zero-order valence-corrected chi connectivity index (χ0v) is 30.6. The van der Waals surface area contributed by atoms with Crippen molar-refractivity contribution in [2.75, 3.05) is 67.2 Å². The predicted molar refractivity (Wildman–Crippen MR) is 205 cm³/mol. The Morgan fingerprint density at radius 1 is 1.10 bits per heavy atom. The summed E-state index contributed by atoms with van der Waals surface area (Å²) < 4.78 is 5.76. The lowest BCUT2D eigenvalue weighted by atomic mass is 9.71. The quantitative estimate of drug-likeness (QED) is 0.101. The van der Waals surface area contributed by atoms with E-state index in [9.17, 15) is 9.59 Å². The van der Waals surface area contributed by atoms with Crippen LogP contribution in [0.5, 0.6) is 5.75 Å². The Kier molecular flexibility index (Phi) is 12.3. The van der Waals surface area contributed by atoms with Crippen molar-refractivity contribution < 1.29 is 14.3 Å². The molecule has 12 heteroatoms. The average Bonchev–Trinajstić information content (AvgIpc) is 3.55. The van der Waals surface area contributed by atoms with Crippen LogP contribution in [0.25, 0.3) is 0 Å². The maximum Gasteiger partial charge on any atom is 0.247 e. The van der Waals surface area contributed by atoms with Crippen LogP contribution in [-0.4, -0.2) is 73.1 Å². The minimum atomic E-state index is -0.268. The first kappa shape index (κ1) is 36.4. The van der Waals surface area contributed by atoms with Gasteiger partial charge in [0, 0.05) is 63.1 Å². The highest BCUT2D eigenvalue weighted by Crippen LogP contribution is 2.49. The fraction of sp³-hybridized carbons (Fsp3) is 0.487. The highest BCUT2D eigenvalue weighted by atomic mass is 35.5. The van der Waals surface area contributed by atoms with Gasteiger partial charge >= 0.3 is 0 Å². The van der Waals surface area contributed by atoms with E-state index in [2.05, 4.69) is 60.6 Å². The largest absolute Gasteiger partial charge is 0.494 e. The van der Waals surface area contributed by atoms with Crippen molar-refractivity contribution in [3.63, 3.8) is 0 Å². The molecule has 4 atom stereocenters. The minimum Gasteiger partial charge on any atom is -0.494 e. The molecule has 2 bridgehead atoms. The summed E-state index contributed by atoms with van der Waals surface area (Å²) in [6.07, 6.45) is 9.81. The van der Waals surface area contributed by atoms with E-state index < -0.39 is 0 Å². The van der Waals surface area contributed by atoms with Crippen LogP contribution in [0.2, 0.25) is 5.02 Å². The molecule has 2 amide bonds. The number of carbonyl (C=O) groups excluding carboxylic acids is 2. The monoisotopic (exact) mass is 714 g/mol. The molecular weight excluding hydrogens is 664 g/mol. The first-order valence-electron chi connectivity index (χ1n) is 18.3. The molecule has 2 heterocycles. The Morgan fingerprint density at radius 2 is 1.94 bits per heavy atom. The number of benzene rings is 2. The number of rotatable bonds is 15. The Morgan fingerprint density at radius 3 is 2.75 bits per heavy atom. The topological polar surface area (TPSA) is 124 Å². The van der Waals surface area contributed by atoms with Gasteiger partial charge in [-0.05, 0) is 91.8 Å². The summed E-state index contributed by atoms with van der Waals surface area (Å²) in [5.74, 6) is 4.45. The van der Waals surface area contributed by atoms with Crippen LogP contribution in [0.4, 0.5) is 28.8 Å². The number of hydrogen-bond acceptors (Lipinski definition) is 9. The molecule has 3 aliphatic rings. The zero-order chi connectivity index (χ0) is 35.7. The van der Waals surface area contributed by atoms with Crippen LogP contribution >= 0.6 is 11.6 Å². The number of nitrogens with one attached hydrogen (secondary N) is 4. The molecule has 11 nitrogen and oxygen atoms in total. The lowest BCUT2D eigenvalue weighted by Crippen LogP contribution is -2.47.